The summed E-state index contributed by atoms with van der Waals surface area (Å²) in [5.41, 5.74) is 5.51. The van der Waals surface area contributed by atoms with Crippen LogP contribution in [0.1, 0.15) is 37.5 Å². The van der Waals surface area contributed by atoms with Gasteiger partial charge in [-0.25, -0.2) is 0 Å². The molecule has 6 heteroatoms. The Kier molecular flexibility index (Phi) is 5.89. The molecule has 0 aliphatic carbocycles. The number of carbonyl (C=O) groups is 1. The van der Waals surface area contributed by atoms with Crippen LogP contribution in [-0.4, -0.2) is 26.4 Å². The van der Waals surface area contributed by atoms with E-state index in [9.17, 15) is 4.79 Å². The molecule has 0 aliphatic rings. The van der Waals surface area contributed by atoms with Crippen LogP contribution >= 0.6 is 11.8 Å². The van der Waals surface area contributed by atoms with E-state index in [0.29, 0.717) is 5.16 Å². The van der Waals surface area contributed by atoms with Crippen LogP contribution in [0.5, 0.6) is 0 Å². The molecule has 0 atom stereocenters. The van der Waals surface area contributed by atoms with Crippen LogP contribution < -0.4 is 5.32 Å². The Bertz CT molecular complexity index is 971. The maximum atomic E-state index is 12.4. The van der Waals surface area contributed by atoms with Crippen LogP contribution in [0.15, 0.2) is 53.9 Å². The quantitative estimate of drug-likeness (QED) is 0.625. The lowest BCUT2D eigenvalue weighted by atomic mass is 9.87. The third kappa shape index (κ3) is 4.81. The summed E-state index contributed by atoms with van der Waals surface area (Å²) in [7, 11) is 0. The zero-order chi connectivity index (χ0) is 20.3. The number of thioether (sulfide) groups is 1. The molecule has 28 heavy (non-hydrogen) atoms. The molecule has 0 spiro atoms. The van der Waals surface area contributed by atoms with E-state index in [0.717, 1.165) is 16.9 Å². The molecule has 0 saturated carbocycles. The van der Waals surface area contributed by atoms with Crippen molar-refractivity contribution in [2.24, 2.45) is 0 Å². The van der Waals surface area contributed by atoms with Crippen molar-refractivity contribution in [1.29, 1.82) is 0 Å². The number of rotatable bonds is 5. The molecule has 146 valence electrons. The Morgan fingerprint density at radius 2 is 1.82 bits per heavy atom. The van der Waals surface area contributed by atoms with Crippen molar-refractivity contribution < 1.29 is 4.79 Å². The van der Waals surface area contributed by atoms with Crippen LogP contribution in [0.2, 0.25) is 0 Å². The first-order chi connectivity index (χ1) is 13.2. The van der Waals surface area contributed by atoms with Crippen LogP contribution in [0, 0.1) is 13.8 Å². The predicted octanol–water partition coefficient (Wildman–Crippen LogP) is 4.91. The number of nitrogens with one attached hydrogen (secondary N) is 1. The lowest BCUT2D eigenvalue weighted by Gasteiger charge is -2.19. The minimum Gasteiger partial charge on any atom is -0.325 e. The van der Waals surface area contributed by atoms with Crippen molar-refractivity contribution in [2.45, 2.75) is 45.2 Å². The number of nitrogens with zero attached hydrogens (tertiary/aromatic N) is 3. The van der Waals surface area contributed by atoms with Crippen molar-refractivity contribution in [3.8, 4) is 5.69 Å². The van der Waals surface area contributed by atoms with Crippen molar-refractivity contribution in [3.63, 3.8) is 0 Å². The lowest BCUT2D eigenvalue weighted by Crippen LogP contribution is -2.15. The monoisotopic (exact) mass is 394 g/mol. The second-order valence-electron chi connectivity index (χ2n) is 7.94. The number of aryl methyl sites for hydroxylation is 2. The number of amides is 1. The van der Waals surface area contributed by atoms with Gasteiger partial charge in [0.15, 0.2) is 5.16 Å². The minimum atomic E-state index is -0.0660. The van der Waals surface area contributed by atoms with Crippen LogP contribution in [0.3, 0.4) is 0 Å². The van der Waals surface area contributed by atoms with E-state index in [-0.39, 0.29) is 17.1 Å². The van der Waals surface area contributed by atoms with Crippen molar-refractivity contribution in [2.75, 3.05) is 11.1 Å². The molecule has 1 amide bonds. The molecule has 1 heterocycles. The zero-order valence-corrected chi connectivity index (χ0v) is 17.8. The standard InChI is InChI=1S/C22H26N4OS/c1-15-6-11-19(16(2)12-15)26-14-23-25-21(26)28-13-20(27)24-18-9-7-17(8-10-18)22(3,4)5/h6-12,14H,13H2,1-5H3,(H,24,27). The van der Waals surface area contributed by atoms with E-state index in [1.165, 1.54) is 22.9 Å². The molecule has 0 radical (unpaired) electrons. The van der Waals surface area contributed by atoms with E-state index in [1.807, 2.05) is 16.7 Å². The summed E-state index contributed by atoms with van der Waals surface area (Å²) in [6.07, 6.45) is 1.68. The van der Waals surface area contributed by atoms with Gasteiger partial charge in [-0.05, 0) is 48.6 Å². The molecule has 0 bridgehead atoms. The molecule has 5 nitrogen and oxygen atoms in total. The van der Waals surface area contributed by atoms with Gasteiger partial charge in [-0.3, -0.25) is 9.36 Å². The smallest absolute Gasteiger partial charge is 0.234 e. The van der Waals surface area contributed by atoms with Gasteiger partial charge < -0.3 is 5.32 Å². The zero-order valence-electron chi connectivity index (χ0n) is 17.0. The predicted molar refractivity (Wildman–Crippen MR) is 115 cm³/mol. The molecule has 3 rings (SSSR count). The summed E-state index contributed by atoms with van der Waals surface area (Å²) in [4.78, 5) is 12.4. The number of benzene rings is 2. The van der Waals surface area contributed by atoms with Gasteiger partial charge >= 0.3 is 0 Å². The van der Waals surface area contributed by atoms with Gasteiger partial charge in [0.05, 0.1) is 11.4 Å². The maximum absolute atomic E-state index is 12.4. The van der Waals surface area contributed by atoms with Gasteiger partial charge in [-0.2, -0.15) is 0 Å². The number of hydrogen-bond acceptors (Lipinski definition) is 4. The fourth-order valence-electron chi connectivity index (χ4n) is 2.94. The molecule has 1 aromatic heterocycles. The van der Waals surface area contributed by atoms with Gasteiger partial charge in [-0.15, -0.1) is 10.2 Å². The third-order valence-electron chi connectivity index (χ3n) is 4.50. The van der Waals surface area contributed by atoms with E-state index >= 15 is 0 Å². The SMILES string of the molecule is Cc1ccc(-n2cnnc2SCC(=O)Nc2ccc(C(C)(C)C)cc2)c(C)c1. The Morgan fingerprint density at radius 1 is 1.11 bits per heavy atom. The summed E-state index contributed by atoms with van der Waals surface area (Å²) in [5, 5.41) is 11.8. The van der Waals surface area contributed by atoms with Gasteiger partial charge in [0.25, 0.3) is 0 Å². The molecule has 3 aromatic rings. The van der Waals surface area contributed by atoms with Crippen molar-refractivity contribution >= 4 is 23.4 Å². The third-order valence-corrected chi connectivity index (χ3v) is 5.44. The second kappa shape index (κ2) is 8.19. The highest BCUT2D eigenvalue weighted by atomic mass is 32.2. The molecular formula is C22H26N4OS. The molecule has 1 N–H and O–H groups in total. The summed E-state index contributed by atoms with van der Waals surface area (Å²) in [6.45, 7) is 10.6. The summed E-state index contributed by atoms with van der Waals surface area (Å²) < 4.78 is 1.92. The summed E-state index contributed by atoms with van der Waals surface area (Å²) >= 11 is 1.37. The van der Waals surface area contributed by atoms with Crippen LogP contribution in [0.4, 0.5) is 5.69 Å². The Hall–Kier alpha value is -2.60. The van der Waals surface area contributed by atoms with E-state index in [2.05, 4.69) is 80.5 Å². The molecule has 0 unspecified atom stereocenters. The molecule has 0 saturated heterocycles. The average molecular weight is 395 g/mol. The van der Waals surface area contributed by atoms with Gasteiger partial charge in [0, 0.05) is 5.69 Å². The number of carbonyl (C=O) groups excluding carboxylic acids is 1. The topological polar surface area (TPSA) is 59.8 Å². The number of aromatic nitrogens is 3. The van der Waals surface area contributed by atoms with E-state index in [4.69, 9.17) is 0 Å². The van der Waals surface area contributed by atoms with Gasteiger partial charge in [0.2, 0.25) is 5.91 Å². The highest BCUT2D eigenvalue weighted by Crippen LogP contribution is 2.25. The second-order valence-corrected chi connectivity index (χ2v) is 8.88. The van der Waals surface area contributed by atoms with Gasteiger partial charge in [-0.1, -0.05) is 62.4 Å². The lowest BCUT2D eigenvalue weighted by molar-refractivity contribution is -0.113. The van der Waals surface area contributed by atoms with E-state index < -0.39 is 0 Å². The normalized spacial score (nSPS) is 11.5. The summed E-state index contributed by atoms with van der Waals surface area (Å²) in [5.74, 6) is 0.202. The van der Waals surface area contributed by atoms with E-state index in [1.54, 1.807) is 6.33 Å². The minimum absolute atomic E-state index is 0.0660. The first-order valence-electron chi connectivity index (χ1n) is 9.25. The number of hydrogen-bond donors (Lipinski definition) is 1. The molecular weight excluding hydrogens is 368 g/mol. The van der Waals surface area contributed by atoms with Crippen molar-refractivity contribution in [3.05, 3.63) is 65.5 Å². The van der Waals surface area contributed by atoms with Gasteiger partial charge in [0.1, 0.15) is 6.33 Å². The maximum Gasteiger partial charge on any atom is 0.234 e. The fourth-order valence-corrected chi connectivity index (χ4v) is 3.67. The fraction of sp³-hybridized carbons (Fsp3) is 0.318. The first-order valence-corrected chi connectivity index (χ1v) is 10.2. The Morgan fingerprint density at radius 3 is 2.46 bits per heavy atom. The molecule has 0 fully saturated rings. The molecule has 2 aromatic carbocycles. The highest BCUT2D eigenvalue weighted by Gasteiger charge is 2.14. The Balaban J connectivity index is 1.64. The average Bonchev–Trinajstić information content (AvgIpc) is 3.08. The largest absolute Gasteiger partial charge is 0.325 e. The first kappa shape index (κ1) is 20.1. The number of anilines is 1. The molecule has 0 aliphatic heterocycles. The summed E-state index contributed by atoms with van der Waals surface area (Å²) in [6, 6.07) is 14.2. The highest BCUT2D eigenvalue weighted by molar-refractivity contribution is 7.99. The Labute approximate surface area is 170 Å². The van der Waals surface area contributed by atoms with Crippen molar-refractivity contribution in [1.82, 2.24) is 14.8 Å². The van der Waals surface area contributed by atoms with Crippen LogP contribution in [0.25, 0.3) is 5.69 Å². The van der Waals surface area contributed by atoms with Crippen LogP contribution in [-0.2, 0) is 10.2 Å².